The maximum absolute atomic E-state index is 3.57. The number of nitrogens with one attached hydrogen (secondary N) is 1. The summed E-state index contributed by atoms with van der Waals surface area (Å²) in [4.78, 5) is 4.07. The molecule has 1 heterocycles. The first-order valence-corrected chi connectivity index (χ1v) is 8.59. The largest absolute Gasteiger partial charge is 0.312 e. The quantitative estimate of drug-likeness (QED) is 0.764. The van der Waals surface area contributed by atoms with Gasteiger partial charge in [-0.1, -0.05) is 19.3 Å². The van der Waals surface area contributed by atoms with Crippen LogP contribution in [0.5, 0.6) is 0 Å². The minimum Gasteiger partial charge on any atom is -0.312 e. The van der Waals surface area contributed by atoms with E-state index in [2.05, 4.69) is 35.6 Å². The molecule has 1 fully saturated rings. The van der Waals surface area contributed by atoms with E-state index in [1.807, 2.05) is 11.3 Å². The lowest BCUT2D eigenvalue weighted by Crippen LogP contribution is -2.35. The zero-order valence-corrected chi connectivity index (χ0v) is 13.3. The van der Waals surface area contributed by atoms with Gasteiger partial charge in [0.25, 0.3) is 0 Å². The molecule has 0 aliphatic heterocycles. The Labute approximate surface area is 122 Å². The zero-order chi connectivity index (χ0) is 13.5. The van der Waals surface area contributed by atoms with Gasteiger partial charge >= 0.3 is 0 Å². The second kappa shape index (κ2) is 8.03. The molecule has 108 valence electrons. The Bertz CT molecular complexity index is 355. The average molecular weight is 280 g/mol. The van der Waals surface area contributed by atoms with Crippen LogP contribution in [0.2, 0.25) is 0 Å². The smallest absolute Gasteiger partial charge is 0.0302 e. The SMILES string of the molecule is Cc1ccsc1CNCCCN(C)C1CCCCC1. The maximum Gasteiger partial charge on any atom is 0.0302 e. The Balaban J connectivity index is 1.55. The first kappa shape index (κ1) is 15.0. The summed E-state index contributed by atoms with van der Waals surface area (Å²) in [5.74, 6) is 0. The fourth-order valence-electron chi connectivity index (χ4n) is 2.94. The van der Waals surface area contributed by atoms with Crippen LogP contribution >= 0.6 is 11.3 Å². The van der Waals surface area contributed by atoms with Gasteiger partial charge in [-0.05, 0) is 63.3 Å². The van der Waals surface area contributed by atoms with E-state index in [0.717, 1.165) is 19.1 Å². The molecule has 2 rings (SSSR count). The summed E-state index contributed by atoms with van der Waals surface area (Å²) in [6, 6.07) is 3.06. The molecule has 1 aliphatic rings. The summed E-state index contributed by atoms with van der Waals surface area (Å²) >= 11 is 1.86. The van der Waals surface area contributed by atoms with Gasteiger partial charge in [0.15, 0.2) is 0 Å². The van der Waals surface area contributed by atoms with Crippen molar-refractivity contribution in [3.05, 3.63) is 21.9 Å². The van der Waals surface area contributed by atoms with Gasteiger partial charge in [-0.3, -0.25) is 0 Å². The Morgan fingerprint density at radius 1 is 1.32 bits per heavy atom. The molecule has 1 saturated carbocycles. The molecule has 2 nitrogen and oxygen atoms in total. The molecule has 0 atom stereocenters. The van der Waals surface area contributed by atoms with E-state index in [-0.39, 0.29) is 0 Å². The van der Waals surface area contributed by atoms with E-state index in [1.54, 1.807) is 0 Å². The van der Waals surface area contributed by atoms with Gasteiger partial charge in [0.1, 0.15) is 0 Å². The molecule has 0 amide bonds. The molecular weight excluding hydrogens is 252 g/mol. The van der Waals surface area contributed by atoms with Crippen LogP contribution in [0.25, 0.3) is 0 Å². The van der Waals surface area contributed by atoms with Gasteiger partial charge in [-0.15, -0.1) is 11.3 Å². The maximum atomic E-state index is 3.57. The summed E-state index contributed by atoms with van der Waals surface area (Å²) in [6.45, 7) is 5.61. The van der Waals surface area contributed by atoms with Gasteiger partial charge in [-0.2, -0.15) is 0 Å². The van der Waals surface area contributed by atoms with E-state index < -0.39 is 0 Å². The molecule has 19 heavy (non-hydrogen) atoms. The molecule has 0 bridgehead atoms. The van der Waals surface area contributed by atoms with Gasteiger partial charge in [0, 0.05) is 17.5 Å². The van der Waals surface area contributed by atoms with Crippen LogP contribution in [-0.2, 0) is 6.54 Å². The lowest BCUT2D eigenvalue weighted by Gasteiger charge is -2.31. The normalized spacial score (nSPS) is 17.2. The van der Waals surface area contributed by atoms with Crippen LogP contribution in [0.15, 0.2) is 11.4 Å². The van der Waals surface area contributed by atoms with Crippen molar-refractivity contribution in [1.29, 1.82) is 0 Å². The second-order valence-electron chi connectivity index (χ2n) is 5.83. The van der Waals surface area contributed by atoms with Crippen LogP contribution in [0, 0.1) is 6.92 Å². The van der Waals surface area contributed by atoms with Crippen molar-refractivity contribution in [1.82, 2.24) is 10.2 Å². The molecule has 0 aromatic carbocycles. The molecule has 3 heteroatoms. The number of aryl methyl sites for hydroxylation is 1. The number of nitrogens with zero attached hydrogens (tertiary/aromatic N) is 1. The van der Waals surface area contributed by atoms with Gasteiger partial charge in [0.05, 0.1) is 0 Å². The average Bonchev–Trinajstić information content (AvgIpc) is 2.85. The molecule has 0 saturated heterocycles. The van der Waals surface area contributed by atoms with E-state index >= 15 is 0 Å². The third-order valence-electron chi connectivity index (χ3n) is 4.32. The predicted molar refractivity (Wildman–Crippen MR) is 84.9 cm³/mol. The van der Waals surface area contributed by atoms with Crippen LogP contribution in [0.3, 0.4) is 0 Å². The van der Waals surface area contributed by atoms with Crippen molar-refractivity contribution in [2.45, 2.75) is 58.0 Å². The van der Waals surface area contributed by atoms with Crippen LogP contribution in [0.1, 0.15) is 49.0 Å². The van der Waals surface area contributed by atoms with Crippen molar-refractivity contribution in [2.24, 2.45) is 0 Å². The highest BCUT2D eigenvalue weighted by atomic mass is 32.1. The minimum atomic E-state index is 0.855. The van der Waals surface area contributed by atoms with Gasteiger partial charge in [0.2, 0.25) is 0 Å². The Hall–Kier alpha value is -0.380. The Morgan fingerprint density at radius 2 is 2.11 bits per heavy atom. The van der Waals surface area contributed by atoms with Crippen molar-refractivity contribution in [3.63, 3.8) is 0 Å². The molecular formula is C16H28N2S. The molecule has 0 unspecified atom stereocenters. The third-order valence-corrected chi connectivity index (χ3v) is 5.34. The number of thiophene rings is 1. The van der Waals surface area contributed by atoms with Crippen molar-refractivity contribution in [2.75, 3.05) is 20.1 Å². The summed E-state index contributed by atoms with van der Waals surface area (Å²) < 4.78 is 0. The lowest BCUT2D eigenvalue weighted by atomic mass is 9.94. The van der Waals surface area contributed by atoms with E-state index in [4.69, 9.17) is 0 Å². The van der Waals surface area contributed by atoms with E-state index in [9.17, 15) is 0 Å². The standard InChI is InChI=1S/C16H28N2S/c1-14-9-12-19-16(14)13-17-10-6-11-18(2)15-7-4-3-5-8-15/h9,12,15,17H,3-8,10-11,13H2,1-2H3. The zero-order valence-electron chi connectivity index (χ0n) is 12.5. The fourth-order valence-corrected chi connectivity index (χ4v) is 3.82. The summed E-state index contributed by atoms with van der Waals surface area (Å²) in [6.07, 6.45) is 8.41. The summed E-state index contributed by atoms with van der Waals surface area (Å²) in [7, 11) is 2.30. The van der Waals surface area contributed by atoms with Crippen molar-refractivity contribution in [3.8, 4) is 0 Å². The monoisotopic (exact) mass is 280 g/mol. The van der Waals surface area contributed by atoms with E-state index in [1.165, 1.54) is 55.5 Å². The van der Waals surface area contributed by atoms with Gasteiger partial charge < -0.3 is 10.2 Å². The Morgan fingerprint density at radius 3 is 2.79 bits per heavy atom. The highest BCUT2D eigenvalue weighted by molar-refractivity contribution is 7.10. The van der Waals surface area contributed by atoms with Gasteiger partial charge in [-0.25, -0.2) is 0 Å². The fraction of sp³-hybridized carbons (Fsp3) is 0.750. The first-order valence-electron chi connectivity index (χ1n) is 7.71. The number of hydrogen-bond acceptors (Lipinski definition) is 3. The molecule has 0 radical (unpaired) electrons. The summed E-state index contributed by atoms with van der Waals surface area (Å²) in [5.41, 5.74) is 1.43. The van der Waals surface area contributed by atoms with Crippen molar-refractivity contribution >= 4 is 11.3 Å². The lowest BCUT2D eigenvalue weighted by molar-refractivity contribution is 0.189. The third kappa shape index (κ3) is 4.90. The highest BCUT2D eigenvalue weighted by Crippen LogP contribution is 2.21. The predicted octanol–water partition coefficient (Wildman–Crippen LogP) is 3.80. The molecule has 0 spiro atoms. The van der Waals surface area contributed by atoms with Crippen LogP contribution < -0.4 is 5.32 Å². The minimum absolute atomic E-state index is 0.855. The number of rotatable bonds is 7. The second-order valence-corrected chi connectivity index (χ2v) is 6.83. The summed E-state index contributed by atoms with van der Waals surface area (Å²) in [5, 5.41) is 5.75. The Kier molecular flexibility index (Phi) is 6.35. The molecule has 1 aromatic rings. The molecule has 1 aliphatic carbocycles. The first-order chi connectivity index (χ1) is 9.27. The van der Waals surface area contributed by atoms with Crippen molar-refractivity contribution < 1.29 is 0 Å². The number of hydrogen-bond donors (Lipinski definition) is 1. The topological polar surface area (TPSA) is 15.3 Å². The highest BCUT2D eigenvalue weighted by Gasteiger charge is 2.17. The van der Waals surface area contributed by atoms with Crippen LogP contribution in [0.4, 0.5) is 0 Å². The molecule has 1 N–H and O–H groups in total. The van der Waals surface area contributed by atoms with Crippen LogP contribution in [-0.4, -0.2) is 31.1 Å². The molecule has 1 aromatic heterocycles. The van der Waals surface area contributed by atoms with E-state index in [0.29, 0.717) is 0 Å².